The van der Waals surface area contributed by atoms with Gasteiger partial charge in [-0.25, -0.2) is 9.97 Å². The van der Waals surface area contributed by atoms with Crippen molar-refractivity contribution < 1.29 is 14.9 Å². The van der Waals surface area contributed by atoms with Crippen LogP contribution >= 0.6 is 0 Å². The molecule has 0 amide bonds. The summed E-state index contributed by atoms with van der Waals surface area (Å²) >= 11 is 0. The summed E-state index contributed by atoms with van der Waals surface area (Å²) in [7, 11) is 0. The molecule has 2 aromatic rings. The van der Waals surface area contributed by atoms with Gasteiger partial charge in [-0.3, -0.25) is 13.9 Å². The standard InChI is InChI=1S/C18H26N4O4/c1-11(2)5-6-18(3,4)22-10-20-16-15(17(22)25)19-9-21(16)14-7-12(24)13(8-23)26-14/h5,9-10,12-14,23-24H,6-8H2,1-4H3/t12?,13-,14-/m1/s1. The van der Waals surface area contributed by atoms with E-state index in [1.807, 2.05) is 27.7 Å². The molecule has 3 atom stereocenters. The molecular weight excluding hydrogens is 336 g/mol. The van der Waals surface area contributed by atoms with Gasteiger partial charge < -0.3 is 14.9 Å². The summed E-state index contributed by atoms with van der Waals surface area (Å²) in [6.07, 6.45) is 4.26. The molecule has 0 saturated carbocycles. The van der Waals surface area contributed by atoms with Crippen LogP contribution in [0.15, 0.2) is 29.1 Å². The van der Waals surface area contributed by atoms with Gasteiger partial charge in [0.1, 0.15) is 18.7 Å². The molecule has 1 aliphatic heterocycles. The van der Waals surface area contributed by atoms with Crippen molar-refractivity contribution in [3.8, 4) is 0 Å². The number of allylic oxidation sites excluding steroid dienone is 2. The summed E-state index contributed by atoms with van der Waals surface area (Å²) in [5.74, 6) is 0. The zero-order chi connectivity index (χ0) is 19.1. The van der Waals surface area contributed by atoms with E-state index < -0.39 is 24.0 Å². The lowest BCUT2D eigenvalue weighted by atomic mass is 9.99. The van der Waals surface area contributed by atoms with Crippen molar-refractivity contribution in [2.75, 3.05) is 6.61 Å². The summed E-state index contributed by atoms with van der Waals surface area (Å²) < 4.78 is 8.89. The van der Waals surface area contributed by atoms with E-state index in [0.29, 0.717) is 18.5 Å². The Labute approximate surface area is 151 Å². The molecule has 8 heteroatoms. The van der Waals surface area contributed by atoms with E-state index in [4.69, 9.17) is 4.74 Å². The Morgan fingerprint density at radius 3 is 2.73 bits per heavy atom. The van der Waals surface area contributed by atoms with Crippen LogP contribution < -0.4 is 5.56 Å². The molecule has 3 heterocycles. The van der Waals surface area contributed by atoms with Gasteiger partial charge in [0, 0.05) is 12.0 Å². The zero-order valence-electron chi connectivity index (χ0n) is 15.6. The lowest BCUT2D eigenvalue weighted by Crippen LogP contribution is -2.36. The highest BCUT2D eigenvalue weighted by Gasteiger charge is 2.35. The number of hydrogen-bond acceptors (Lipinski definition) is 6. The lowest BCUT2D eigenvalue weighted by molar-refractivity contribution is -0.0432. The van der Waals surface area contributed by atoms with Crippen LogP contribution in [0.2, 0.25) is 0 Å². The number of aliphatic hydroxyl groups excluding tert-OH is 2. The lowest BCUT2D eigenvalue weighted by Gasteiger charge is -2.26. The quantitative estimate of drug-likeness (QED) is 0.778. The Morgan fingerprint density at radius 2 is 2.12 bits per heavy atom. The number of nitrogens with zero attached hydrogens (tertiary/aromatic N) is 4. The van der Waals surface area contributed by atoms with E-state index in [-0.39, 0.29) is 17.7 Å². The maximum Gasteiger partial charge on any atom is 0.282 e. The fourth-order valence-electron chi connectivity index (χ4n) is 3.16. The Hall–Kier alpha value is -2.03. The Bertz CT molecular complexity index is 879. The number of aromatic nitrogens is 4. The molecule has 0 aliphatic carbocycles. The van der Waals surface area contributed by atoms with Crippen LogP contribution in [0, 0.1) is 0 Å². The maximum atomic E-state index is 12.9. The average Bonchev–Trinajstić information content (AvgIpc) is 3.16. The Kier molecular flexibility index (Phi) is 5.01. The summed E-state index contributed by atoms with van der Waals surface area (Å²) in [4.78, 5) is 21.6. The van der Waals surface area contributed by atoms with Gasteiger partial charge in [0.15, 0.2) is 11.2 Å². The van der Waals surface area contributed by atoms with Gasteiger partial charge in [-0.05, 0) is 34.1 Å². The predicted molar refractivity (Wildman–Crippen MR) is 96.8 cm³/mol. The van der Waals surface area contributed by atoms with Crippen LogP contribution in [0.5, 0.6) is 0 Å². The number of aliphatic hydroxyl groups is 2. The van der Waals surface area contributed by atoms with Crippen LogP contribution in [0.25, 0.3) is 11.2 Å². The monoisotopic (exact) mass is 362 g/mol. The predicted octanol–water partition coefficient (Wildman–Crippen LogP) is 1.33. The van der Waals surface area contributed by atoms with E-state index in [9.17, 15) is 15.0 Å². The molecule has 1 fully saturated rings. The molecule has 8 nitrogen and oxygen atoms in total. The molecule has 2 aromatic heterocycles. The minimum atomic E-state index is -0.758. The zero-order valence-corrected chi connectivity index (χ0v) is 15.6. The molecule has 0 spiro atoms. The largest absolute Gasteiger partial charge is 0.394 e. The highest BCUT2D eigenvalue weighted by molar-refractivity contribution is 5.69. The average molecular weight is 362 g/mol. The molecule has 1 aliphatic rings. The summed E-state index contributed by atoms with van der Waals surface area (Å²) in [6.45, 7) is 7.76. The van der Waals surface area contributed by atoms with Gasteiger partial charge in [0.2, 0.25) is 0 Å². The molecule has 1 unspecified atom stereocenters. The molecule has 3 rings (SSSR count). The number of fused-ring (bicyclic) bond motifs is 1. The summed E-state index contributed by atoms with van der Waals surface area (Å²) in [5, 5.41) is 19.2. The third-order valence-corrected chi connectivity index (χ3v) is 4.84. The van der Waals surface area contributed by atoms with Gasteiger partial charge in [0.25, 0.3) is 5.56 Å². The topological polar surface area (TPSA) is 102 Å². The van der Waals surface area contributed by atoms with Gasteiger partial charge in [0.05, 0.1) is 19.0 Å². The van der Waals surface area contributed by atoms with Gasteiger partial charge in [-0.1, -0.05) is 11.6 Å². The fourth-order valence-corrected chi connectivity index (χ4v) is 3.16. The van der Waals surface area contributed by atoms with Crippen molar-refractivity contribution in [2.45, 2.75) is 64.5 Å². The van der Waals surface area contributed by atoms with Crippen molar-refractivity contribution in [1.29, 1.82) is 0 Å². The van der Waals surface area contributed by atoms with Crippen molar-refractivity contribution in [1.82, 2.24) is 19.1 Å². The fraction of sp³-hybridized carbons (Fsp3) is 0.611. The van der Waals surface area contributed by atoms with Crippen molar-refractivity contribution in [2.24, 2.45) is 0 Å². The first-order chi connectivity index (χ1) is 12.2. The van der Waals surface area contributed by atoms with E-state index in [1.54, 1.807) is 9.13 Å². The number of hydrogen-bond donors (Lipinski definition) is 2. The third-order valence-electron chi connectivity index (χ3n) is 4.84. The van der Waals surface area contributed by atoms with Crippen LogP contribution in [-0.4, -0.2) is 48.1 Å². The van der Waals surface area contributed by atoms with Crippen LogP contribution in [0.4, 0.5) is 0 Å². The SMILES string of the molecule is CC(C)=CCC(C)(C)n1cnc2c(ncn2[C@H]2CC(O)[C@@H](CO)O2)c1=O. The molecule has 1 saturated heterocycles. The number of ether oxygens (including phenoxy) is 1. The van der Waals surface area contributed by atoms with Crippen LogP contribution in [0.3, 0.4) is 0 Å². The second-order valence-electron chi connectivity index (χ2n) is 7.66. The first kappa shape index (κ1) is 18.8. The molecule has 2 N–H and O–H groups in total. The van der Waals surface area contributed by atoms with Crippen LogP contribution in [0.1, 0.15) is 46.8 Å². The second kappa shape index (κ2) is 6.94. The molecular formula is C18H26N4O4. The molecule has 0 bridgehead atoms. The molecule has 0 aromatic carbocycles. The van der Waals surface area contributed by atoms with Gasteiger partial charge in [-0.15, -0.1) is 0 Å². The van der Waals surface area contributed by atoms with Gasteiger partial charge >= 0.3 is 0 Å². The van der Waals surface area contributed by atoms with Gasteiger partial charge in [-0.2, -0.15) is 0 Å². The second-order valence-corrected chi connectivity index (χ2v) is 7.66. The van der Waals surface area contributed by atoms with E-state index in [0.717, 1.165) is 0 Å². The van der Waals surface area contributed by atoms with Crippen molar-refractivity contribution >= 4 is 11.2 Å². The highest BCUT2D eigenvalue weighted by atomic mass is 16.5. The van der Waals surface area contributed by atoms with Crippen molar-refractivity contribution in [3.05, 3.63) is 34.7 Å². The minimum absolute atomic E-state index is 0.210. The third kappa shape index (κ3) is 3.32. The Balaban J connectivity index is 1.97. The Morgan fingerprint density at radius 1 is 1.38 bits per heavy atom. The van der Waals surface area contributed by atoms with Crippen molar-refractivity contribution in [3.63, 3.8) is 0 Å². The summed E-state index contributed by atoms with van der Waals surface area (Å²) in [6, 6.07) is 0. The summed E-state index contributed by atoms with van der Waals surface area (Å²) in [5.41, 5.74) is 1.24. The maximum absolute atomic E-state index is 12.9. The van der Waals surface area contributed by atoms with E-state index in [1.165, 1.54) is 18.2 Å². The highest BCUT2D eigenvalue weighted by Crippen LogP contribution is 2.30. The number of imidazole rings is 1. The number of rotatable bonds is 5. The van der Waals surface area contributed by atoms with Crippen LogP contribution in [-0.2, 0) is 10.3 Å². The molecule has 0 radical (unpaired) electrons. The first-order valence-corrected chi connectivity index (χ1v) is 8.77. The normalized spacial score (nSPS) is 23.5. The molecule has 26 heavy (non-hydrogen) atoms. The van der Waals surface area contributed by atoms with E-state index >= 15 is 0 Å². The first-order valence-electron chi connectivity index (χ1n) is 8.77. The smallest absolute Gasteiger partial charge is 0.282 e. The van der Waals surface area contributed by atoms with E-state index in [2.05, 4.69) is 16.0 Å². The minimum Gasteiger partial charge on any atom is -0.394 e. The molecule has 142 valence electrons.